The highest BCUT2D eigenvalue weighted by Crippen LogP contribution is 2.24. The lowest BCUT2D eigenvalue weighted by Gasteiger charge is -2.14. The van der Waals surface area contributed by atoms with Crippen molar-refractivity contribution in [3.8, 4) is 22.7 Å². The van der Waals surface area contributed by atoms with Crippen LogP contribution in [0.3, 0.4) is 0 Å². The molecule has 5 rings (SSSR count). The van der Waals surface area contributed by atoms with Gasteiger partial charge in [-0.3, -0.25) is 20.4 Å². The lowest BCUT2D eigenvalue weighted by atomic mass is 10.1. The van der Waals surface area contributed by atoms with Gasteiger partial charge in [-0.25, -0.2) is 4.68 Å². The van der Waals surface area contributed by atoms with E-state index in [1.807, 2.05) is 60.7 Å². The summed E-state index contributed by atoms with van der Waals surface area (Å²) in [6.45, 7) is 1.10. The fourth-order valence-electron chi connectivity index (χ4n) is 4.05. The number of ether oxygens (including phenoxy) is 2. The molecule has 1 aliphatic rings. The van der Waals surface area contributed by atoms with Gasteiger partial charge in [0, 0.05) is 18.4 Å². The second-order valence-electron chi connectivity index (χ2n) is 8.39. The van der Waals surface area contributed by atoms with Crippen LogP contribution >= 0.6 is 0 Å². The van der Waals surface area contributed by atoms with E-state index in [-0.39, 0.29) is 6.10 Å². The summed E-state index contributed by atoms with van der Waals surface area (Å²) in [5.41, 5.74) is 7.79. The summed E-state index contributed by atoms with van der Waals surface area (Å²) in [4.78, 5) is 26.1. The van der Waals surface area contributed by atoms with E-state index in [2.05, 4.69) is 16.0 Å². The molecular formula is C28H26N4O4. The number of hydrogen-bond donors (Lipinski definition) is 2. The second kappa shape index (κ2) is 10.9. The van der Waals surface area contributed by atoms with Crippen molar-refractivity contribution in [1.82, 2.24) is 20.6 Å². The van der Waals surface area contributed by atoms with Crippen LogP contribution in [0, 0.1) is 0 Å². The molecule has 8 heteroatoms. The first-order valence-corrected chi connectivity index (χ1v) is 11.8. The highest BCUT2D eigenvalue weighted by atomic mass is 16.5. The highest BCUT2D eigenvalue weighted by Gasteiger charge is 2.21. The Bertz CT molecular complexity index is 1330. The lowest BCUT2D eigenvalue weighted by molar-refractivity contribution is 0.0669. The molecule has 8 nitrogen and oxygen atoms in total. The van der Waals surface area contributed by atoms with Gasteiger partial charge in [-0.15, -0.1) is 0 Å². The quantitative estimate of drug-likeness (QED) is 0.386. The van der Waals surface area contributed by atoms with Crippen LogP contribution < -0.4 is 15.6 Å². The normalized spacial score (nSPS) is 14.8. The van der Waals surface area contributed by atoms with Crippen molar-refractivity contribution in [3.63, 3.8) is 0 Å². The Labute approximate surface area is 208 Å². The van der Waals surface area contributed by atoms with Gasteiger partial charge in [0.1, 0.15) is 18.1 Å². The fourth-order valence-corrected chi connectivity index (χ4v) is 4.05. The first-order chi connectivity index (χ1) is 17.7. The monoisotopic (exact) mass is 482 g/mol. The van der Waals surface area contributed by atoms with Crippen LogP contribution in [0.15, 0.2) is 91.1 Å². The van der Waals surface area contributed by atoms with Crippen LogP contribution in [0.5, 0.6) is 5.75 Å². The molecule has 4 aromatic rings. The zero-order chi connectivity index (χ0) is 24.7. The van der Waals surface area contributed by atoms with Crippen LogP contribution in [0.1, 0.15) is 33.6 Å². The van der Waals surface area contributed by atoms with Crippen molar-refractivity contribution in [3.05, 3.63) is 102 Å². The van der Waals surface area contributed by atoms with E-state index in [9.17, 15) is 9.59 Å². The van der Waals surface area contributed by atoms with Crippen LogP contribution in [-0.4, -0.2) is 40.9 Å². The van der Waals surface area contributed by atoms with Crippen molar-refractivity contribution in [1.29, 1.82) is 0 Å². The van der Waals surface area contributed by atoms with Gasteiger partial charge in [0.05, 0.1) is 22.9 Å². The van der Waals surface area contributed by atoms with Crippen LogP contribution in [0.2, 0.25) is 0 Å². The maximum Gasteiger partial charge on any atom is 0.273 e. The molecule has 0 aliphatic carbocycles. The van der Waals surface area contributed by atoms with Gasteiger partial charge in [0.25, 0.3) is 11.8 Å². The van der Waals surface area contributed by atoms with Crippen LogP contribution in [-0.2, 0) is 4.74 Å². The number of carbonyl (C=O) groups excluding carboxylic acids is 2. The number of amides is 2. The minimum Gasteiger partial charge on any atom is -0.490 e. The lowest BCUT2D eigenvalue weighted by Crippen LogP contribution is -2.41. The highest BCUT2D eigenvalue weighted by molar-refractivity contribution is 6.03. The summed E-state index contributed by atoms with van der Waals surface area (Å²) in [6, 6.07) is 25.9. The van der Waals surface area contributed by atoms with E-state index in [4.69, 9.17) is 9.47 Å². The molecule has 0 spiro atoms. The standard InChI is InChI=1S/C28H26N4O4/c33-27(23-15-7-8-16-25(23)36-19-22-14-9-17-35-22)29-30-28(34)24-18-32(21-12-5-2-6-13-21)31-26(24)20-10-3-1-4-11-20/h1-8,10-13,15-16,18,22H,9,14,17,19H2,(H,29,33)(H,30,34)/t22-/m1/s1. The Hall–Kier alpha value is -4.43. The number of hydrogen-bond acceptors (Lipinski definition) is 5. The van der Waals surface area contributed by atoms with Gasteiger partial charge in [0.15, 0.2) is 0 Å². The molecule has 2 amide bonds. The number of carbonyl (C=O) groups is 2. The van der Waals surface area contributed by atoms with Gasteiger partial charge < -0.3 is 9.47 Å². The molecule has 1 aliphatic heterocycles. The molecule has 3 aromatic carbocycles. The van der Waals surface area contributed by atoms with E-state index < -0.39 is 11.8 Å². The van der Waals surface area contributed by atoms with Gasteiger partial charge >= 0.3 is 0 Å². The molecule has 1 atom stereocenters. The number of nitrogens with one attached hydrogen (secondary N) is 2. The van der Waals surface area contributed by atoms with Crippen molar-refractivity contribution >= 4 is 11.8 Å². The van der Waals surface area contributed by atoms with Gasteiger partial charge in [-0.1, -0.05) is 60.7 Å². The van der Waals surface area contributed by atoms with Crippen LogP contribution in [0.25, 0.3) is 16.9 Å². The minimum atomic E-state index is -0.484. The number of aromatic nitrogens is 2. The predicted molar refractivity (Wildman–Crippen MR) is 135 cm³/mol. The molecule has 182 valence electrons. The van der Waals surface area contributed by atoms with E-state index in [1.165, 1.54) is 0 Å². The molecule has 0 bridgehead atoms. The summed E-state index contributed by atoms with van der Waals surface area (Å²) in [7, 11) is 0. The largest absolute Gasteiger partial charge is 0.490 e. The van der Waals surface area contributed by atoms with E-state index in [0.29, 0.717) is 29.2 Å². The Morgan fingerprint density at radius 3 is 2.28 bits per heavy atom. The third kappa shape index (κ3) is 5.29. The molecule has 1 aromatic heterocycles. The van der Waals surface area contributed by atoms with Crippen molar-refractivity contribution in [2.24, 2.45) is 0 Å². The third-order valence-electron chi connectivity index (χ3n) is 5.90. The number of nitrogens with zero attached hydrogens (tertiary/aromatic N) is 2. The Morgan fingerprint density at radius 1 is 0.889 bits per heavy atom. The molecule has 1 saturated heterocycles. The molecule has 0 unspecified atom stereocenters. The van der Waals surface area contributed by atoms with Crippen molar-refractivity contribution in [2.75, 3.05) is 13.2 Å². The average molecular weight is 483 g/mol. The molecule has 1 fully saturated rings. The zero-order valence-corrected chi connectivity index (χ0v) is 19.6. The molecule has 36 heavy (non-hydrogen) atoms. The molecule has 2 N–H and O–H groups in total. The Morgan fingerprint density at radius 2 is 1.56 bits per heavy atom. The average Bonchev–Trinajstić information content (AvgIpc) is 3.62. The van der Waals surface area contributed by atoms with Crippen LogP contribution in [0.4, 0.5) is 0 Å². The summed E-state index contributed by atoms with van der Waals surface area (Å²) in [5, 5.41) is 4.64. The smallest absolute Gasteiger partial charge is 0.273 e. The van der Waals surface area contributed by atoms with Crippen molar-refractivity contribution in [2.45, 2.75) is 18.9 Å². The van der Waals surface area contributed by atoms with Crippen molar-refractivity contribution < 1.29 is 19.1 Å². The molecule has 0 radical (unpaired) electrons. The summed E-state index contributed by atoms with van der Waals surface area (Å²) in [6.07, 6.45) is 3.62. The van der Waals surface area contributed by atoms with E-state index in [0.717, 1.165) is 30.7 Å². The Balaban J connectivity index is 1.32. The summed E-state index contributed by atoms with van der Waals surface area (Å²) >= 11 is 0. The molecule has 0 saturated carbocycles. The third-order valence-corrected chi connectivity index (χ3v) is 5.90. The molecule has 2 heterocycles. The number of rotatable bonds is 7. The zero-order valence-electron chi connectivity index (χ0n) is 19.6. The number of benzene rings is 3. The maximum atomic E-state index is 13.2. The number of hydrazine groups is 1. The van der Waals surface area contributed by atoms with E-state index >= 15 is 0 Å². The fraction of sp³-hybridized carbons (Fsp3) is 0.179. The van der Waals surface area contributed by atoms with E-state index in [1.54, 1.807) is 35.1 Å². The van der Waals surface area contributed by atoms with Gasteiger partial charge in [-0.2, -0.15) is 5.10 Å². The van der Waals surface area contributed by atoms with Gasteiger partial charge in [-0.05, 0) is 37.1 Å². The maximum absolute atomic E-state index is 13.2. The first-order valence-electron chi connectivity index (χ1n) is 11.8. The molecular weight excluding hydrogens is 456 g/mol. The Kier molecular flexibility index (Phi) is 7.05. The predicted octanol–water partition coefficient (Wildman–Crippen LogP) is 4.17. The summed E-state index contributed by atoms with van der Waals surface area (Å²) < 4.78 is 13.1. The second-order valence-corrected chi connectivity index (χ2v) is 8.39. The topological polar surface area (TPSA) is 94.5 Å². The summed E-state index contributed by atoms with van der Waals surface area (Å²) in [5.74, 6) is -0.535. The SMILES string of the molecule is O=C(NNC(=O)c1cn(-c2ccccc2)nc1-c1ccccc1)c1ccccc1OC[C@H]1CCCO1. The number of para-hydroxylation sites is 2. The van der Waals surface area contributed by atoms with Gasteiger partial charge in [0.2, 0.25) is 0 Å². The minimum absolute atomic E-state index is 0.0263. The first kappa shape index (κ1) is 23.3.